The second kappa shape index (κ2) is 5.63. The number of carbonyl (C=O) groups is 1. The van der Waals surface area contributed by atoms with Crippen molar-refractivity contribution in [3.05, 3.63) is 30.1 Å². The first kappa shape index (κ1) is 13.1. The molecule has 1 aromatic carbocycles. The number of aromatic nitrogens is 2. The first-order valence-corrected chi connectivity index (χ1v) is 7.19. The summed E-state index contributed by atoms with van der Waals surface area (Å²) in [5.41, 5.74) is 1.94. The van der Waals surface area contributed by atoms with E-state index in [9.17, 15) is 4.79 Å². The van der Waals surface area contributed by atoms with Crippen LogP contribution in [0.3, 0.4) is 0 Å². The van der Waals surface area contributed by atoms with Gasteiger partial charge in [-0.15, -0.1) is 0 Å². The smallest absolute Gasteiger partial charge is 0.234 e. The highest BCUT2D eigenvalue weighted by Gasteiger charge is 2.18. The van der Waals surface area contributed by atoms with Crippen LogP contribution >= 0.6 is 0 Å². The van der Waals surface area contributed by atoms with Gasteiger partial charge < -0.3 is 10.3 Å². The monoisotopic (exact) mass is 272 g/mol. The fraction of sp³-hybridized carbons (Fsp3) is 0.467. The summed E-state index contributed by atoms with van der Waals surface area (Å²) < 4.78 is 0. The van der Waals surface area contributed by atoms with Gasteiger partial charge in [0.2, 0.25) is 5.91 Å². The fourth-order valence-corrected chi connectivity index (χ4v) is 2.68. The number of hydrogen-bond acceptors (Lipinski definition) is 3. The molecule has 5 nitrogen and oxygen atoms in total. The van der Waals surface area contributed by atoms with E-state index in [1.54, 1.807) is 0 Å². The van der Waals surface area contributed by atoms with Gasteiger partial charge in [-0.3, -0.25) is 9.69 Å². The molecule has 2 aromatic rings. The lowest BCUT2D eigenvalue weighted by Crippen LogP contribution is -2.37. The molecule has 0 saturated carbocycles. The van der Waals surface area contributed by atoms with E-state index in [1.165, 1.54) is 12.8 Å². The maximum absolute atomic E-state index is 12.0. The van der Waals surface area contributed by atoms with Crippen molar-refractivity contribution in [2.45, 2.75) is 25.8 Å². The zero-order valence-electron chi connectivity index (χ0n) is 11.7. The highest BCUT2D eigenvalue weighted by Crippen LogP contribution is 2.15. The van der Waals surface area contributed by atoms with Crippen molar-refractivity contribution in [3.63, 3.8) is 0 Å². The zero-order valence-corrected chi connectivity index (χ0v) is 11.7. The lowest BCUT2D eigenvalue weighted by Gasteiger charge is -2.16. The number of nitrogens with one attached hydrogen (secondary N) is 2. The van der Waals surface area contributed by atoms with Crippen LogP contribution in [0, 0.1) is 0 Å². The number of likely N-dealkylation sites (tertiary alicyclic amines) is 1. The van der Waals surface area contributed by atoms with Gasteiger partial charge >= 0.3 is 0 Å². The van der Waals surface area contributed by atoms with E-state index in [4.69, 9.17) is 0 Å². The molecule has 0 unspecified atom stereocenters. The van der Waals surface area contributed by atoms with Gasteiger partial charge in [0, 0.05) is 0 Å². The van der Waals surface area contributed by atoms with Crippen molar-refractivity contribution < 1.29 is 4.79 Å². The molecule has 0 bridgehead atoms. The Bertz CT molecular complexity index is 568. The molecule has 2 heterocycles. The summed E-state index contributed by atoms with van der Waals surface area (Å²) in [6.45, 7) is 4.52. The molecule has 1 aliphatic heterocycles. The summed E-state index contributed by atoms with van der Waals surface area (Å²) in [4.78, 5) is 22.0. The quantitative estimate of drug-likeness (QED) is 0.892. The van der Waals surface area contributed by atoms with Crippen LogP contribution in [0.1, 0.15) is 31.6 Å². The summed E-state index contributed by atoms with van der Waals surface area (Å²) >= 11 is 0. The third-order valence-corrected chi connectivity index (χ3v) is 3.76. The van der Waals surface area contributed by atoms with Gasteiger partial charge in [-0.1, -0.05) is 12.1 Å². The molecule has 3 rings (SSSR count). The lowest BCUT2D eigenvalue weighted by atomic mass is 10.3. The molecule has 1 aromatic heterocycles. The Morgan fingerprint density at radius 1 is 1.40 bits per heavy atom. The van der Waals surface area contributed by atoms with Crippen molar-refractivity contribution in [1.82, 2.24) is 20.2 Å². The number of aromatic amines is 1. The molecule has 1 fully saturated rings. The van der Waals surface area contributed by atoms with Gasteiger partial charge in [0.25, 0.3) is 0 Å². The van der Waals surface area contributed by atoms with Crippen molar-refractivity contribution in [3.8, 4) is 0 Å². The molecule has 0 spiro atoms. The summed E-state index contributed by atoms with van der Waals surface area (Å²) in [6, 6.07) is 7.79. The summed E-state index contributed by atoms with van der Waals surface area (Å²) in [6.07, 6.45) is 2.40. The van der Waals surface area contributed by atoms with Crippen LogP contribution in [-0.2, 0) is 4.79 Å². The highest BCUT2D eigenvalue weighted by molar-refractivity contribution is 5.79. The number of rotatable bonds is 4. The van der Waals surface area contributed by atoms with Gasteiger partial charge in [-0.05, 0) is 45.0 Å². The topological polar surface area (TPSA) is 61.0 Å². The highest BCUT2D eigenvalue weighted by atomic mass is 16.2. The average Bonchev–Trinajstić information content (AvgIpc) is 3.06. The summed E-state index contributed by atoms with van der Waals surface area (Å²) in [5.74, 6) is 0.876. The average molecular weight is 272 g/mol. The van der Waals surface area contributed by atoms with E-state index in [2.05, 4.69) is 20.2 Å². The van der Waals surface area contributed by atoms with Crippen molar-refractivity contribution in [2.24, 2.45) is 0 Å². The molecular formula is C15H20N4O. The minimum absolute atomic E-state index is 0.0693. The Morgan fingerprint density at radius 3 is 2.90 bits per heavy atom. The number of para-hydroxylation sites is 2. The lowest BCUT2D eigenvalue weighted by molar-refractivity contribution is -0.122. The first-order valence-electron chi connectivity index (χ1n) is 7.19. The third-order valence-electron chi connectivity index (χ3n) is 3.76. The largest absolute Gasteiger partial charge is 0.345 e. The van der Waals surface area contributed by atoms with E-state index in [0.717, 1.165) is 29.9 Å². The van der Waals surface area contributed by atoms with Gasteiger partial charge in [-0.2, -0.15) is 0 Å². The molecule has 1 aliphatic rings. The fourth-order valence-electron chi connectivity index (χ4n) is 2.68. The van der Waals surface area contributed by atoms with Crippen molar-refractivity contribution in [1.29, 1.82) is 0 Å². The number of carbonyl (C=O) groups excluding carboxylic acids is 1. The molecule has 106 valence electrons. The normalized spacial score (nSPS) is 17.4. The molecule has 0 aliphatic carbocycles. The Hall–Kier alpha value is -1.88. The number of amides is 1. The van der Waals surface area contributed by atoms with Crippen LogP contribution < -0.4 is 5.32 Å². The van der Waals surface area contributed by atoms with Gasteiger partial charge in [0.1, 0.15) is 5.82 Å². The van der Waals surface area contributed by atoms with Gasteiger partial charge in [-0.25, -0.2) is 4.98 Å². The van der Waals surface area contributed by atoms with E-state index in [-0.39, 0.29) is 11.9 Å². The second-order valence-corrected chi connectivity index (χ2v) is 5.41. The number of nitrogens with zero attached hydrogens (tertiary/aromatic N) is 2. The van der Waals surface area contributed by atoms with Crippen LogP contribution in [0.5, 0.6) is 0 Å². The zero-order chi connectivity index (χ0) is 13.9. The number of imidazole rings is 1. The number of benzene rings is 1. The van der Waals surface area contributed by atoms with Crippen LogP contribution in [0.4, 0.5) is 0 Å². The van der Waals surface area contributed by atoms with Crippen LogP contribution in [0.25, 0.3) is 11.0 Å². The minimum atomic E-state index is -0.0995. The Kier molecular flexibility index (Phi) is 3.69. The third kappa shape index (κ3) is 2.82. The molecule has 0 radical (unpaired) electrons. The molecule has 1 atom stereocenters. The Labute approximate surface area is 118 Å². The predicted molar refractivity (Wildman–Crippen MR) is 78.3 cm³/mol. The number of fused-ring (bicyclic) bond motifs is 1. The number of hydrogen-bond donors (Lipinski definition) is 2. The summed E-state index contributed by atoms with van der Waals surface area (Å²) in [7, 11) is 0. The van der Waals surface area contributed by atoms with Crippen molar-refractivity contribution >= 4 is 16.9 Å². The van der Waals surface area contributed by atoms with E-state index in [1.807, 2.05) is 31.2 Å². The molecule has 20 heavy (non-hydrogen) atoms. The van der Waals surface area contributed by atoms with Crippen LogP contribution in [0.2, 0.25) is 0 Å². The molecule has 1 amide bonds. The molecule has 2 N–H and O–H groups in total. The van der Waals surface area contributed by atoms with E-state index in [0.29, 0.717) is 6.54 Å². The van der Waals surface area contributed by atoms with E-state index < -0.39 is 0 Å². The van der Waals surface area contributed by atoms with Crippen molar-refractivity contribution in [2.75, 3.05) is 19.6 Å². The SMILES string of the molecule is C[C@@H](NC(=O)CN1CCCC1)c1nc2ccccc2[nH]1. The van der Waals surface area contributed by atoms with Gasteiger partial charge in [0.05, 0.1) is 23.6 Å². The van der Waals surface area contributed by atoms with Crippen LogP contribution in [-0.4, -0.2) is 40.4 Å². The van der Waals surface area contributed by atoms with E-state index >= 15 is 0 Å². The standard InChI is InChI=1S/C15H20N4O/c1-11(16-14(20)10-19-8-4-5-9-19)15-17-12-6-2-3-7-13(12)18-15/h2-3,6-7,11H,4-5,8-10H2,1H3,(H,16,20)(H,17,18)/t11-/m1/s1. The first-order chi connectivity index (χ1) is 9.72. The predicted octanol–water partition coefficient (Wildman–Crippen LogP) is 1.84. The molecular weight excluding hydrogens is 252 g/mol. The summed E-state index contributed by atoms with van der Waals surface area (Å²) in [5, 5.41) is 3.01. The Morgan fingerprint density at radius 2 is 2.15 bits per heavy atom. The second-order valence-electron chi connectivity index (χ2n) is 5.41. The molecule has 1 saturated heterocycles. The van der Waals surface area contributed by atoms with Crippen LogP contribution in [0.15, 0.2) is 24.3 Å². The Balaban J connectivity index is 1.62. The number of H-pyrrole nitrogens is 1. The maximum atomic E-state index is 12.0. The molecule has 5 heteroatoms. The maximum Gasteiger partial charge on any atom is 0.234 e. The van der Waals surface area contributed by atoms with Gasteiger partial charge in [0.15, 0.2) is 0 Å². The minimum Gasteiger partial charge on any atom is -0.345 e.